The molecule has 0 aliphatic heterocycles. The molecule has 0 saturated carbocycles. The smallest absolute Gasteiger partial charge is 0.281 e. The number of benzene rings is 1. The van der Waals surface area contributed by atoms with Gasteiger partial charge in [-0.1, -0.05) is 11.6 Å². The fourth-order valence-electron chi connectivity index (χ4n) is 1.44. The van der Waals surface area contributed by atoms with Crippen LogP contribution in [0, 0.1) is 6.92 Å². The molecule has 0 bridgehead atoms. The zero-order chi connectivity index (χ0) is 14.2. The lowest BCUT2D eigenvalue weighted by Crippen LogP contribution is -2.13. The Balaban J connectivity index is 2.36. The number of imidazole rings is 1. The molecule has 1 aromatic carbocycles. The van der Waals surface area contributed by atoms with Gasteiger partial charge in [0.15, 0.2) is 5.03 Å². The van der Waals surface area contributed by atoms with E-state index < -0.39 is 10.0 Å². The topological polar surface area (TPSA) is 84.2 Å². The van der Waals surface area contributed by atoms with E-state index in [0.29, 0.717) is 10.8 Å². The molecule has 0 aliphatic carbocycles. The maximum absolute atomic E-state index is 12.1. The fourth-order valence-corrected chi connectivity index (χ4v) is 2.73. The van der Waals surface area contributed by atoms with E-state index >= 15 is 0 Å². The van der Waals surface area contributed by atoms with Crippen molar-refractivity contribution in [2.45, 2.75) is 11.9 Å². The molecule has 19 heavy (non-hydrogen) atoms. The van der Waals surface area contributed by atoms with E-state index in [1.165, 1.54) is 24.4 Å². The zero-order valence-corrected chi connectivity index (χ0v) is 11.8. The quantitative estimate of drug-likeness (QED) is 0.848. The monoisotopic (exact) mass is 301 g/mol. The van der Waals surface area contributed by atoms with Crippen LogP contribution in [0.25, 0.3) is 0 Å². The summed E-state index contributed by atoms with van der Waals surface area (Å²) >= 11 is 5.68. The summed E-state index contributed by atoms with van der Waals surface area (Å²) in [5.41, 5.74) is 0.0488. The van der Waals surface area contributed by atoms with Crippen LogP contribution in [0.2, 0.25) is 5.02 Å². The Morgan fingerprint density at radius 2 is 2.11 bits per heavy atom. The van der Waals surface area contributed by atoms with Gasteiger partial charge in [-0.05, 0) is 19.1 Å². The Labute approximate surface area is 115 Å². The van der Waals surface area contributed by atoms with Gasteiger partial charge in [0.2, 0.25) is 0 Å². The largest absolute Gasteiger partial charge is 0.506 e. The SMILES string of the molecule is Cc1nc(S(=O)(=O)Nc2ccc(Cl)cc2O)cn1C. The molecule has 0 atom stereocenters. The van der Waals surface area contributed by atoms with E-state index in [0.717, 1.165) is 0 Å². The van der Waals surface area contributed by atoms with Crippen LogP contribution in [0.4, 0.5) is 5.69 Å². The Bertz CT molecular complexity index is 705. The fraction of sp³-hybridized carbons (Fsp3) is 0.182. The van der Waals surface area contributed by atoms with Crippen molar-refractivity contribution in [1.82, 2.24) is 9.55 Å². The first kappa shape index (κ1) is 13.7. The highest BCUT2D eigenvalue weighted by Gasteiger charge is 2.20. The van der Waals surface area contributed by atoms with E-state index in [1.807, 2.05) is 0 Å². The lowest BCUT2D eigenvalue weighted by molar-refractivity contribution is 0.477. The minimum atomic E-state index is -3.84. The van der Waals surface area contributed by atoms with Crippen LogP contribution in [0.1, 0.15) is 5.82 Å². The molecule has 1 aromatic heterocycles. The van der Waals surface area contributed by atoms with Crippen molar-refractivity contribution in [1.29, 1.82) is 0 Å². The maximum Gasteiger partial charge on any atom is 0.281 e. The molecule has 1 heterocycles. The molecule has 102 valence electrons. The normalized spacial score (nSPS) is 11.5. The number of sulfonamides is 1. The lowest BCUT2D eigenvalue weighted by atomic mass is 10.3. The summed E-state index contributed by atoms with van der Waals surface area (Å²) in [7, 11) is -2.14. The number of hydrogen-bond donors (Lipinski definition) is 2. The van der Waals surface area contributed by atoms with Crippen molar-refractivity contribution in [3.05, 3.63) is 35.2 Å². The molecule has 0 fully saturated rings. The Morgan fingerprint density at radius 1 is 1.42 bits per heavy atom. The van der Waals surface area contributed by atoms with E-state index in [4.69, 9.17) is 11.6 Å². The Hall–Kier alpha value is -1.73. The number of halogens is 1. The first-order valence-corrected chi connectivity index (χ1v) is 7.17. The second-order valence-electron chi connectivity index (χ2n) is 4.00. The van der Waals surface area contributed by atoms with E-state index in [9.17, 15) is 13.5 Å². The molecule has 2 aromatic rings. The molecule has 6 nitrogen and oxygen atoms in total. The highest BCUT2D eigenvalue weighted by Crippen LogP contribution is 2.28. The van der Waals surface area contributed by atoms with Crippen LogP contribution >= 0.6 is 11.6 Å². The minimum absolute atomic E-state index is 0.0488. The summed E-state index contributed by atoms with van der Waals surface area (Å²) in [6.45, 7) is 1.69. The van der Waals surface area contributed by atoms with Crippen molar-refractivity contribution in [3.63, 3.8) is 0 Å². The van der Waals surface area contributed by atoms with Gasteiger partial charge >= 0.3 is 0 Å². The van der Waals surface area contributed by atoms with Crippen LogP contribution in [0.5, 0.6) is 5.75 Å². The third-order valence-corrected chi connectivity index (χ3v) is 4.04. The molecule has 2 N–H and O–H groups in total. The second kappa shape index (κ2) is 4.75. The van der Waals surface area contributed by atoms with Crippen LogP contribution in [-0.2, 0) is 17.1 Å². The number of hydrogen-bond acceptors (Lipinski definition) is 4. The van der Waals surface area contributed by atoms with Crippen LogP contribution < -0.4 is 4.72 Å². The molecular formula is C11H12ClN3O3S. The summed E-state index contributed by atoms with van der Waals surface area (Å²) in [6, 6.07) is 4.11. The lowest BCUT2D eigenvalue weighted by Gasteiger charge is -2.07. The van der Waals surface area contributed by atoms with Gasteiger partial charge in [-0.3, -0.25) is 4.72 Å². The first-order chi connectivity index (χ1) is 8.79. The van der Waals surface area contributed by atoms with E-state index in [1.54, 1.807) is 18.5 Å². The molecule has 0 radical (unpaired) electrons. The maximum atomic E-state index is 12.1. The van der Waals surface area contributed by atoms with Crippen molar-refractivity contribution in [2.24, 2.45) is 7.05 Å². The average Bonchev–Trinajstić information content (AvgIpc) is 2.64. The minimum Gasteiger partial charge on any atom is -0.506 e. The highest BCUT2D eigenvalue weighted by atomic mass is 35.5. The number of aryl methyl sites for hydroxylation is 2. The third-order valence-electron chi connectivity index (χ3n) is 2.57. The van der Waals surface area contributed by atoms with Crippen molar-refractivity contribution >= 4 is 27.3 Å². The van der Waals surface area contributed by atoms with Gasteiger partial charge in [-0.2, -0.15) is 8.42 Å². The molecule has 0 saturated heterocycles. The molecule has 0 spiro atoms. The average molecular weight is 302 g/mol. The summed E-state index contributed by atoms with van der Waals surface area (Å²) in [5, 5.41) is 9.83. The van der Waals surface area contributed by atoms with Gasteiger partial charge in [0, 0.05) is 24.3 Å². The van der Waals surface area contributed by atoms with Gasteiger partial charge in [0.1, 0.15) is 11.6 Å². The summed E-state index contributed by atoms with van der Waals surface area (Å²) in [5.74, 6) is 0.324. The molecular weight excluding hydrogens is 290 g/mol. The number of rotatable bonds is 3. The van der Waals surface area contributed by atoms with Gasteiger partial charge in [-0.25, -0.2) is 4.98 Å². The van der Waals surface area contributed by atoms with Crippen LogP contribution in [-0.4, -0.2) is 23.1 Å². The van der Waals surface area contributed by atoms with E-state index in [-0.39, 0.29) is 16.5 Å². The number of anilines is 1. The first-order valence-electron chi connectivity index (χ1n) is 5.31. The third kappa shape index (κ3) is 2.82. The molecule has 0 unspecified atom stereocenters. The standard InChI is InChI=1S/C11H12ClN3O3S/c1-7-13-11(6-15(7)2)19(17,18)14-9-4-3-8(12)5-10(9)16/h3-6,14,16H,1-2H3. The number of phenols is 1. The number of phenolic OH excluding ortho intramolecular Hbond substituents is 1. The molecule has 2 rings (SSSR count). The summed E-state index contributed by atoms with van der Waals surface area (Å²) in [4.78, 5) is 3.93. The Morgan fingerprint density at radius 3 is 2.63 bits per heavy atom. The number of nitrogens with one attached hydrogen (secondary N) is 1. The van der Waals surface area contributed by atoms with Gasteiger partial charge in [-0.15, -0.1) is 0 Å². The molecule has 0 amide bonds. The van der Waals surface area contributed by atoms with Crippen LogP contribution in [0.3, 0.4) is 0 Å². The second-order valence-corrected chi connectivity index (χ2v) is 6.07. The molecule has 8 heteroatoms. The number of aromatic hydroxyl groups is 1. The zero-order valence-electron chi connectivity index (χ0n) is 10.3. The van der Waals surface area contributed by atoms with E-state index in [2.05, 4.69) is 9.71 Å². The molecule has 0 aliphatic rings. The van der Waals surface area contributed by atoms with Crippen molar-refractivity contribution in [2.75, 3.05) is 4.72 Å². The van der Waals surface area contributed by atoms with Crippen LogP contribution in [0.15, 0.2) is 29.4 Å². The number of aromatic nitrogens is 2. The summed E-state index contributed by atoms with van der Waals surface area (Å²) in [6.07, 6.45) is 1.39. The van der Waals surface area contributed by atoms with Gasteiger partial charge in [0.05, 0.1) is 5.69 Å². The van der Waals surface area contributed by atoms with Crippen molar-refractivity contribution in [3.8, 4) is 5.75 Å². The van der Waals surface area contributed by atoms with Gasteiger partial charge in [0.25, 0.3) is 10.0 Å². The Kier molecular flexibility index (Phi) is 3.42. The predicted molar refractivity (Wildman–Crippen MR) is 71.9 cm³/mol. The summed E-state index contributed by atoms with van der Waals surface area (Å²) < 4.78 is 28.0. The predicted octanol–water partition coefficient (Wildman–Crippen LogP) is 1.89. The highest BCUT2D eigenvalue weighted by molar-refractivity contribution is 7.92. The van der Waals surface area contributed by atoms with Gasteiger partial charge < -0.3 is 9.67 Å². The number of nitrogens with zero attached hydrogens (tertiary/aromatic N) is 2. The van der Waals surface area contributed by atoms with Crippen molar-refractivity contribution < 1.29 is 13.5 Å².